The van der Waals surface area contributed by atoms with Crippen molar-refractivity contribution in [1.82, 2.24) is 0 Å². The van der Waals surface area contributed by atoms with E-state index in [2.05, 4.69) is 0 Å². The zero-order chi connectivity index (χ0) is 14.3. The minimum absolute atomic E-state index is 0.526. The van der Waals surface area contributed by atoms with Crippen LogP contribution in [0.5, 0.6) is 0 Å². The third-order valence-corrected chi connectivity index (χ3v) is 4.12. The van der Waals surface area contributed by atoms with Crippen molar-refractivity contribution in [3.05, 3.63) is 58.1 Å². The smallest absolute Gasteiger partial charge is 0.151 e. The zero-order valence-corrected chi connectivity index (χ0v) is 11.6. The van der Waals surface area contributed by atoms with E-state index in [0.29, 0.717) is 21.5 Å². The maximum absolute atomic E-state index is 11.6. The van der Waals surface area contributed by atoms with Gasteiger partial charge in [0.2, 0.25) is 0 Å². The van der Waals surface area contributed by atoms with Gasteiger partial charge >= 0.3 is 0 Å². The van der Waals surface area contributed by atoms with Crippen LogP contribution in [0.15, 0.2) is 36.4 Å². The van der Waals surface area contributed by atoms with Crippen molar-refractivity contribution in [1.29, 1.82) is 0 Å². The first kappa shape index (κ1) is 12.8. The maximum Gasteiger partial charge on any atom is 0.151 e. The van der Waals surface area contributed by atoms with Gasteiger partial charge in [0.15, 0.2) is 12.6 Å². The molecule has 98 valence electrons. The minimum atomic E-state index is 0.526. The number of carbonyl (C=O) groups is 2. The molecule has 3 aromatic carbocycles. The molecule has 0 aliphatic heterocycles. The van der Waals surface area contributed by atoms with Crippen molar-refractivity contribution >= 4 is 45.7 Å². The summed E-state index contributed by atoms with van der Waals surface area (Å²) in [5, 5.41) is 3.43. The average Bonchev–Trinajstić information content (AvgIpc) is 2.48. The van der Waals surface area contributed by atoms with E-state index >= 15 is 0 Å². The molecule has 0 heterocycles. The van der Waals surface area contributed by atoms with Crippen LogP contribution in [0.2, 0.25) is 5.02 Å². The molecular formula is C17H11ClO2. The topological polar surface area (TPSA) is 34.1 Å². The summed E-state index contributed by atoms with van der Waals surface area (Å²) in [6.07, 6.45) is 1.63. The van der Waals surface area contributed by atoms with Gasteiger partial charge in [-0.25, -0.2) is 0 Å². The minimum Gasteiger partial charge on any atom is -0.298 e. The van der Waals surface area contributed by atoms with Crippen molar-refractivity contribution in [3.63, 3.8) is 0 Å². The second-order valence-electron chi connectivity index (χ2n) is 4.73. The predicted molar refractivity (Wildman–Crippen MR) is 82.0 cm³/mol. The lowest BCUT2D eigenvalue weighted by atomic mass is 9.92. The van der Waals surface area contributed by atoms with E-state index in [1.807, 2.05) is 43.3 Å². The van der Waals surface area contributed by atoms with Gasteiger partial charge in [-0.15, -0.1) is 0 Å². The Balaban J connectivity index is 2.73. The molecular weight excluding hydrogens is 272 g/mol. The number of hydrogen-bond donors (Lipinski definition) is 0. The van der Waals surface area contributed by atoms with Crippen LogP contribution in [0.25, 0.3) is 21.5 Å². The van der Waals surface area contributed by atoms with Gasteiger partial charge in [0, 0.05) is 16.5 Å². The van der Waals surface area contributed by atoms with Gasteiger partial charge in [-0.1, -0.05) is 48.0 Å². The fourth-order valence-electron chi connectivity index (χ4n) is 2.65. The molecule has 20 heavy (non-hydrogen) atoms. The normalized spacial score (nSPS) is 10.9. The SMILES string of the molecule is Cc1ccc2c(C=O)c3ccccc3c(C=O)c2c1Cl. The molecule has 0 spiro atoms. The Morgan fingerprint density at radius 3 is 2.05 bits per heavy atom. The molecule has 0 saturated heterocycles. The van der Waals surface area contributed by atoms with Gasteiger partial charge in [-0.3, -0.25) is 9.59 Å². The standard InChI is InChI=1S/C17H11ClO2/c1-10-6-7-13-14(8-19)11-4-2-3-5-12(11)15(9-20)16(13)17(10)18/h2-9H,1H3. The van der Waals surface area contributed by atoms with Crippen LogP contribution in [-0.4, -0.2) is 12.6 Å². The van der Waals surface area contributed by atoms with Gasteiger partial charge in [-0.2, -0.15) is 0 Å². The van der Waals surface area contributed by atoms with Crippen LogP contribution >= 0.6 is 11.6 Å². The predicted octanol–water partition coefficient (Wildman–Crippen LogP) is 4.58. The van der Waals surface area contributed by atoms with Gasteiger partial charge in [-0.05, 0) is 28.6 Å². The molecule has 0 bridgehead atoms. The summed E-state index contributed by atoms with van der Waals surface area (Å²) in [5.41, 5.74) is 1.99. The van der Waals surface area contributed by atoms with Gasteiger partial charge < -0.3 is 0 Å². The molecule has 0 radical (unpaired) electrons. The molecule has 0 unspecified atom stereocenters. The fraction of sp³-hybridized carbons (Fsp3) is 0.0588. The number of aryl methyl sites for hydroxylation is 1. The highest BCUT2D eigenvalue weighted by Gasteiger charge is 2.16. The molecule has 0 atom stereocenters. The van der Waals surface area contributed by atoms with E-state index in [0.717, 1.165) is 34.3 Å². The number of carbonyl (C=O) groups excluding carboxylic acids is 2. The molecule has 0 N–H and O–H groups in total. The summed E-state index contributed by atoms with van der Waals surface area (Å²) in [4.78, 5) is 23.0. The first-order valence-electron chi connectivity index (χ1n) is 6.23. The number of fused-ring (bicyclic) bond motifs is 2. The Bertz CT molecular complexity index is 866. The average molecular weight is 283 g/mol. The number of rotatable bonds is 2. The van der Waals surface area contributed by atoms with Crippen LogP contribution in [0.1, 0.15) is 26.3 Å². The van der Waals surface area contributed by atoms with Crippen molar-refractivity contribution < 1.29 is 9.59 Å². The molecule has 0 aromatic heterocycles. The van der Waals surface area contributed by atoms with Gasteiger partial charge in [0.05, 0.1) is 5.02 Å². The molecule has 2 nitrogen and oxygen atoms in total. The fourth-order valence-corrected chi connectivity index (χ4v) is 2.92. The maximum atomic E-state index is 11.6. The van der Waals surface area contributed by atoms with E-state index in [1.165, 1.54) is 0 Å². The summed E-state index contributed by atoms with van der Waals surface area (Å²) in [6.45, 7) is 1.88. The van der Waals surface area contributed by atoms with Crippen LogP contribution in [0, 0.1) is 6.92 Å². The van der Waals surface area contributed by atoms with Crippen molar-refractivity contribution in [2.45, 2.75) is 6.92 Å². The molecule has 0 fully saturated rings. The molecule has 3 aromatic rings. The monoisotopic (exact) mass is 282 g/mol. The summed E-state index contributed by atoms with van der Waals surface area (Å²) >= 11 is 6.36. The molecule has 0 amide bonds. The van der Waals surface area contributed by atoms with Crippen LogP contribution in [0.4, 0.5) is 0 Å². The van der Waals surface area contributed by atoms with Gasteiger partial charge in [0.25, 0.3) is 0 Å². The van der Waals surface area contributed by atoms with Crippen molar-refractivity contribution in [3.8, 4) is 0 Å². The van der Waals surface area contributed by atoms with Crippen molar-refractivity contribution in [2.24, 2.45) is 0 Å². The highest BCUT2D eigenvalue weighted by molar-refractivity contribution is 6.39. The second-order valence-corrected chi connectivity index (χ2v) is 5.11. The molecule has 3 rings (SSSR count). The summed E-state index contributed by atoms with van der Waals surface area (Å²) in [7, 11) is 0. The van der Waals surface area contributed by atoms with E-state index in [-0.39, 0.29) is 0 Å². The molecule has 0 saturated carbocycles. The third-order valence-electron chi connectivity index (χ3n) is 3.64. The van der Waals surface area contributed by atoms with E-state index in [9.17, 15) is 9.59 Å². The third kappa shape index (κ3) is 1.65. The first-order valence-corrected chi connectivity index (χ1v) is 6.60. The zero-order valence-electron chi connectivity index (χ0n) is 10.8. The molecule has 3 heteroatoms. The summed E-state index contributed by atoms with van der Waals surface area (Å²) < 4.78 is 0. The van der Waals surface area contributed by atoms with E-state index in [1.54, 1.807) is 0 Å². The number of benzene rings is 3. The Labute approximate surface area is 121 Å². The van der Waals surface area contributed by atoms with Crippen LogP contribution in [0.3, 0.4) is 0 Å². The molecule has 0 aliphatic rings. The Kier molecular flexibility index (Phi) is 3.03. The lowest BCUT2D eigenvalue weighted by Gasteiger charge is -2.13. The Hall–Kier alpha value is -2.19. The summed E-state index contributed by atoms with van der Waals surface area (Å²) in [6, 6.07) is 11.1. The lowest BCUT2D eigenvalue weighted by molar-refractivity contribution is 0.111. The van der Waals surface area contributed by atoms with Crippen LogP contribution in [-0.2, 0) is 0 Å². The highest BCUT2D eigenvalue weighted by Crippen LogP contribution is 2.36. The van der Waals surface area contributed by atoms with Crippen molar-refractivity contribution in [2.75, 3.05) is 0 Å². The number of aldehydes is 2. The van der Waals surface area contributed by atoms with E-state index in [4.69, 9.17) is 11.6 Å². The Morgan fingerprint density at radius 2 is 1.45 bits per heavy atom. The first-order chi connectivity index (χ1) is 9.69. The second kappa shape index (κ2) is 4.73. The highest BCUT2D eigenvalue weighted by atomic mass is 35.5. The molecule has 0 aliphatic carbocycles. The van der Waals surface area contributed by atoms with Gasteiger partial charge in [0.1, 0.15) is 0 Å². The van der Waals surface area contributed by atoms with E-state index < -0.39 is 0 Å². The summed E-state index contributed by atoms with van der Waals surface area (Å²) in [5.74, 6) is 0. The largest absolute Gasteiger partial charge is 0.298 e. The lowest BCUT2D eigenvalue weighted by Crippen LogP contribution is -1.95. The Morgan fingerprint density at radius 1 is 0.850 bits per heavy atom. The quantitative estimate of drug-likeness (QED) is 0.509. The van der Waals surface area contributed by atoms with Crippen LogP contribution < -0.4 is 0 Å². The number of halogens is 1. The number of hydrogen-bond acceptors (Lipinski definition) is 2.